The van der Waals surface area contributed by atoms with Crippen LogP contribution < -0.4 is 10.6 Å². The summed E-state index contributed by atoms with van der Waals surface area (Å²) in [7, 11) is 0. The van der Waals surface area contributed by atoms with Gasteiger partial charge in [0.05, 0.1) is 5.56 Å². The van der Waals surface area contributed by atoms with Gasteiger partial charge in [-0.1, -0.05) is 42.5 Å². The Hall–Kier alpha value is -2.91. The largest absolute Gasteiger partial charge is 0.416 e. The average molecular weight is 448 g/mol. The number of carbonyl (C=O) groups excluding carboxylic acids is 2. The fourth-order valence-corrected chi connectivity index (χ4v) is 3.50. The van der Waals surface area contributed by atoms with Crippen molar-refractivity contribution < 1.29 is 22.8 Å². The minimum Gasteiger partial charge on any atom is -0.334 e. The lowest BCUT2D eigenvalue weighted by Crippen LogP contribution is -2.47. The Morgan fingerprint density at radius 3 is 2.09 bits per heavy atom. The third kappa shape index (κ3) is 7.65. The number of imide groups is 1. The molecule has 1 aliphatic rings. The second-order valence-corrected chi connectivity index (χ2v) is 7.78. The van der Waals surface area contributed by atoms with E-state index in [1.807, 2.05) is 30.3 Å². The molecule has 0 spiro atoms. The first-order valence-electron chi connectivity index (χ1n) is 10.5. The molecular formula is C23H27F3N4O2. The first kappa shape index (κ1) is 23.7. The predicted octanol–water partition coefficient (Wildman–Crippen LogP) is 3.24. The maximum absolute atomic E-state index is 12.7. The normalized spacial score (nSPS) is 15.3. The van der Waals surface area contributed by atoms with Crippen LogP contribution in [-0.2, 0) is 24.1 Å². The van der Waals surface area contributed by atoms with Crippen molar-refractivity contribution in [2.75, 3.05) is 32.7 Å². The van der Waals surface area contributed by atoms with Crippen LogP contribution in [0.15, 0.2) is 54.6 Å². The van der Waals surface area contributed by atoms with Gasteiger partial charge >= 0.3 is 12.2 Å². The Morgan fingerprint density at radius 2 is 1.47 bits per heavy atom. The fraction of sp³-hybridized carbons (Fsp3) is 0.391. The van der Waals surface area contributed by atoms with Gasteiger partial charge in [0.1, 0.15) is 0 Å². The van der Waals surface area contributed by atoms with Gasteiger partial charge in [0, 0.05) is 52.2 Å². The molecule has 9 heteroatoms. The Bertz CT molecular complexity index is 880. The van der Waals surface area contributed by atoms with E-state index in [2.05, 4.69) is 20.4 Å². The SMILES string of the molecule is O=C(CCN1CCN(Cc2ccc(C(F)(F)F)cc2)CC1)NC(=O)NCc1ccccc1. The van der Waals surface area contributed by atoms with Gasteiger partial charge in [-0.05, 0) is 23.3 Å². The highest BCUT2D eigenvalue weighted by atomic mass is 19.4. The Balaban J connectivity index is 1.31. The van der Waals surface area contributed by atoms with E-state index in [0.717, 1.165) is 49.4 Å². The Labute approximate surface area is 185 Å². The van der Waals surface area contributed by atoms with Gasteiger partial charge in [0.2, 0.25) is 5.91 Å². The van der Waals surface area contributed by atoms with Crippen molar-refractivity contribution in [2.45, 2.75) is 25.7 Å². The zero-order valence-electron chi connectivity index (χ0n) is 17.7. The first-order chi connectivity index (χ1) is 15.3. The molecule has 0 aromatic heterocycles. The lowest BCUT2D eigenvalue weighted by atomic mass is 10.1. The molecule has 1 saturated heterocycles. The van der Waals surface area contributed by atoms with E-state index in [1.54, 1.807) is 0 Å². The molecule has 1 aliphatic heterocycles. The van der Waals surface area contributed by atoms with E-state index < -0.39 is 17.8 Å². The average Bonchev–Trinajstić information content (AvgIpc) is 2.78. The van der Waals surface area contributed by atoms with Crippen molar-refractivity contribution in [1.29, 1.82) is 0 Å². The molecule has 1 heterocycles. The maximum Gasteiger partial charge on any atom is 0.416 e. The highest BCUT2D eigenvalue weighted by Crippen LogP contribution is 2.29. The summed E-state index contributed by atoms with van der Waals surface area (Å²) in [5.41, 5.74) is 1.15. The highest BCUT2D eigenvalue weighted by Gasteiger charge is 2.30. The number of hydrogen-bond donors (Lipinski definition) is 2. The third-order valence-electron chi connectivity index (χ3n) is 5.36. The minimum atomic E-state index is -4.32. The number of amides is 3. The number of alkyl halides is 3. The van der Waals surface area contributed by atoms with E-state index >= 15 is 0 Å². The molecule has 0 radical (unpaired) electrons. The molecule has 0 saturated carbocycles. The zero-order chi connectivity index (χ0) is 23.0. The molecule has 1 fully saturated rings. The highest BCUT2D eigenvalue weighted by molar-refractivity contribution is 5.94. The number of rotatable bonds is 7. The van der Waals surface area contributed by atoms with Crippen molar-refractivity contribution in [3.63, 3.8) is 0 Å². The summed E-state index contributed by atoms with van der Waals surface area (Å²) in [4.78, 5) is 28.2. The number of benzene rings is 2. The molecule has 6 nitrogen and oxygen atoms in total. The van der Waals surface area contributed by atoms with Crippen LogP contribution in [0.3, 0.4) is 0 Å². The summed E-state index contributed by atoms with van der Waals surface area (Å²) in [5.74, 6) is -0.331. The Kier molecular flexibility index (Phi) is 8.24. The quantitative estimate of drug-likeness (QED) is 0.683. The summed E-state index contributed by atoms with van der Waals surface area (Å²) in [6, 6.07) is 14.2. The molecule has 32 heavy (non-hydrogen) atoms. The van der Waals surface area contributed by atoms with Crippen molar-refractivity contribution >= 4 is 11.9 Å². The van der Waals surface area contributed by atoms with Crippen molar-refractivity contribution in [3.05, 3.63) is 71.3 Å². The molecule has 2 aromatic rings. The van der Waals surface area contributed by atoms with Crippen LogP contribution in [-0.4, -0.2) is 54.5 Å². The van der Waals surface area contributed by atoms with E-state index in [0.29, 0.717) is 19.6 Å². The Morgan fingerprint density at radius 1 is 0.844 bits per heavy atom. The van der Waals surface area contributed by atoms with E-state index in [-0.39, 0.29) is 12.3 Å². The number of carbonyl (C=O) groups is 2. The summed E-state index contributed by atoms with van der Waals surface area (Å²) in [6.45, 7) is 4.53. The lowest BCUT2D eigenvalue weighted by molar-refractivity contribution is -0.137. The van der Waals surface area contributed by atoms with Crippen molar-refractivity contribution in [3.8, 4) is 0 Å². The molecular weight excluding hydrogens is 421 g/mol. The summed E-state index contributed by atoms with van der Waals surface area (Å²) in [6.07, 6.45) is -4.10. The van der Waals surface area contributed by atoms with Crippen LogP contribution >= 0.6 is 0 Å². The van der Waals surface area contributed by atoms with E-state index in [1.165, 1.54) is 12.1 Å². The minimum absolute atomic E-state index is 0.220. The maximum atomic E-state index is 12.7. The molecule has 0 aliphatic carbocycles. The monoisotopic (exact) mass is 448 g/mol. The fourth-order valence-electron chi connectivity index (χ4n) is 3.50. The summed E-state index contributed by atoms with van der Waals surface area (Å²) >= 11 is 0. The number of hydrogen-bond acceptors (Lipinski definition) is 4. The first-order valence-corrected chi connectivity index (χ1v) is 10.5. The molecule has 3 amide bonds. The molecule has 0 bridgehead atoms. The van der Waals surface area contributed by atoms with E-state index in [4.69, 9.17) is 0 Å². The molecule has 3 rings (SSSR count). The zero-order valence-corrected chi connectivity index (χ0v) is 17.7. The number of urea groups is 1. The second-order valence-electron chi connectivity index (χ2n) is 7.78. The second kappa shape index (κ2) is 11.1. The summed E-state index contributed by atoms with van der Waals surface area (Å²) in [5, 5.41) is 5.00. The van der Waals surface area contributed by atoms with E-state index in [9.17, 15) is 22.8 Å². The predicted molar refractivity (Wildman–Crippen MR) is 115 cm³/mol. The van der Waals surface area contributed by atoms with Crippen LogP contribution in [0.1, 0.15) is 23.1 Å². The van der Waals surface area contributed by atoms with Crippen LogP contribution in [0.5, 0.6) is 0 Å². The van der Waals surface area contributed by atoms with Crippen LogP contribution in [0.25, 0.3) is 0 Å². The molecule has 2 N–H and O–H groups in total. The van der Waals surface area contributed by atoms with Crippen LogP contribution in [0.4, 0.5) is 18.0 Å². The van der Waals surface area contributed by atoms with Gasteiger partial charge in [-0.15, -0.1) is 0 Å². The van der Waals surface area contributed by atoms with Crippen molar-refractivity contribution in [2.24, 2.45) is 0 Å². The smallest absolute Gasteiger partial charge is 0.334 e. The summed E-state index contributed by atoms with van der Waals surface area (Å²) < 4.78 is 38.0. The van der Waals surface area contributed by atoms with Gasteiger partial charge in [-0.3, -0.25) is 15.0 Å². The van der Waals surface area contributed by atoms with Gasteiger partial charge in [-0.2, -0.15) is 13.2 Å². The standard InChI is InChI=1S/C23H27F3N4O2/c24-23(25,26)20-8-6-19(7-9-20)17-30-14-12-29(13-15-30)11-10-21(31)28-22(32)27-16-18-4-2-1-3-5-18/h1-9H,10-17H2,(H2,27,28,31,32). The number of nitrogens with zero attached hydrogens (tertiary/aromatic N) is 2. The van der Waals surface area contributed by atoms with Gasteiger partial charge < -0.3 is 10.2 Å². The lowest BCUT2D eigenvalue weighted by Gasteiger charge is -2.34. The molecule has 0 atom stereocenters. The molecule has 0 unspecified atom stereocenters. The number of halogens is 3. The van der Waals surface area contributed by atoms with Gasteiger partial charge in [0.15, 0.2) is 0 Å². The number of nitrogens with one attached hydrogen (secondary N) is 2. The molecule has 172 valence electrons. The van der Waals surface area contributed by atoms with Gasteiger partial charge in [0.25, 0.3) is 0 Å². The van der Waals surface area contributed by atoms with Crippen molar-refractivity contribution in [1.82, 2.24) is 20.4 Å². The van der Waals surface area contributed by atoms with Gasteiger partial charge in [-0.25, -0.2) is 4.79 Å². The third-order valence-corrected chi connectivity index (χ3v) is 5.36. The number of piperazine rings is 1. The molecule has 2 aromatic carbocycles. The topological polar surface area (TPSA) is 64.7 Å². The van der Waals surface area contributed by atoms with Crippen LogP contribution in [0.2, 0.25) is 0 Å². The van der Waals surface area contributed by atoms with Crippen LogP contribution in [0, 0.1) is 0 Å².